The Morgan fingerprint density at radius 1 is 1.40 bits per heavy atom. The Bertz CT molecular complexity index is 731. The van der Waals surface area contributed by atoms with Gasteiger partial charge in [0.15, 0.2) is 0 Å². The molecule has 0 saturated heterocycles. The van der Waals surface area contributed by atoms with Crippen LogP contribution in [0, 0.1) is 6.92 Å². The first-order chi connectivity index (χ1) is 9.54. The molecule has 0 aromatic carbocycles. The highest BCUT2D eigenvalue weighted by atomic mass is 16.3. The lowest BCUT2D eigenvalue weighted by molar-refractivity contribution is 0.400. The van der Waals surface area contributed by atoms with Crippen molar-refractivity contribution in [2.45, 2.75) is 33.2 Å². The van der Waals surface area contributed by atoms with Crippen LogP contribution in [-0.2, 0) is 13.0 Å². The third-order valence-electron chi connectivity index (χ3n) is 3.23. The zero-order chi connectivity index (χ0) is 14.7. The first kappa shape index (κ1) is 14.0. The molecule has 0 amide bonds. The van der Waals surface area contributed by atoms with Crippen LogP contribution < -0.4 is 11.2 Å². The molecule has 6 nitrogen and oxygen atoms in total. The molecule has 2 aromatic heterocycles. The molecule has 106 valence electrons. The number of hydrogen-bond acceptors (Lipinski definition) is 4. The van der Waals surface area contributed by atoms with Gasteiger partial charge in [0.25, 0.3) is 5.56 Å². The zero-order valence-corrected chi connectivity index (χ0v) is 11.5. The molecule has 2 N–H and O–H groups in total. The van der Waals surface area contributed by atoms with Crippen molar-refractivity contribution in [1.82, 2.24) is 14.5 Å². The number of pyridine rings is 1. The molecule has 2 rings (SSSR count). The second kappa shape index (κ2) is 5.73. The minimum atomic E-state index is -0.608. The van der Waals surface area contributed by atoms with Crippen LogP contribution in [0.5, 0.6) is 5.88 Å². The van der Waals surface area contributed by atoms with Crippen molar-refractivity contribution in [3.63, 3.8) is 0 Å². The number of H-pyrrole nitrogens is 1. The normalized spacial score (nSPS) is 10.7. The molecule has 0 aliphatic heterocycles. The number of aromatic hydroxyl groups is 1. The van der Waals surface area contributed by atoms with E-state index in [4.69, 9.17) is 0 Å². The lowest BCUT2D eigenvalue weighted by Gasteiger charge is -2.12. The zero-order valence-electron chi connectivity index (χ0n) is 11.5. The maximum Gasteiger partial charge on any atom is 0.331 e. The van der Waals surface area contributed by atoms with Gasteiger partial charge in [0.2, 0.25) is 5.88 Å². The fraction of sp³-hybridized carbons (Fsp3) is 0.357. The van der Waals surface area contributed by atoms with E-state index in [9.17, 15) is 14.7 Å². The number of aryl methyl sites for hydroxylation is 1. The number of aromatic nitrogens is 3. The molecule has 0 bridgehead atoms. The van der Waals surface area contributed by atoms with Gasteiger partial charge in [0, 0.05) is 12.4 Å². The summed E-state index contributed by atoms with van der Waals surface area (Å²) in [5, 5.41) is 10.2. The van der Waals surface area contributed by atoms with Gasteiger partial charge in [-0.15, -0.1) is 0 Å². The number of nitrogens with one attached hydrogen (secondary N) is 1. The number of aromatic amines is 1. The van der Waals surface area contributed by atoms with Gasteiger partial charge in [-0.2, -0.15) is 0 Å². The molecular formula is C14H17N3O3. The van der Waals surface area contributed by atoms with Gasteiger partial charge in [0.05, 0.1) is 12.1 Å². The highest BCUT2D eigenvalue weighted by Crippen LogP contribution is 2.15. The average Bonchev–Trinajstić information content (AvgIpc) is 2.41. The van der Waals surface area contributed by atoms with Gasteiger partial charge in [-0.05, 0) is 30.5 Å². The first-order valence-electron chi connectivity index (χ1n) is 6.49. The van der Waals surface area contributed by atoms with E-state index in [0.29, 0.717) is 12.8 Å². The van der Waals surface area contributed by atoms with Crippen molar-refractivity contribution in [2.75, 3.05) is 0 Å². The van der Waals surface area contributed by atoms with Gasteiger partial charge in [-0.25, -0.2) is 4.79 Å². The van der Waals surface area contributed by atoms with E-state index in [0.717, 1.165) is 11.1 Å². The third kappa shape index (κ3) is 2.64. The van der Waals surface area contributed by atoms with E-state index < -0.39 is 11.2 Å². The SMILES string of the molecule is CCCc1c(O)n(Cc2ccncc2C)c(=O)[nH]c1=O. The van der Waals surface area contributed by atoms with E-state index >= 15 is 0 Å². The molecule has 20 heavy (non-hydrogen) atoms. The summed E-state index contributed by atoms with van der Waals surface area (Å²) in [6, 6.07) is 1.78. The quantitative estimate of drug-likeness (QED) is 0.869. The van der Waals surface area contributed by atoms with Gasteiger partial charge in [0.1, 0.15) is 0 Å². The third-order valence-corrected chi connectivity index (χ3v) is 3.23. The Hall–Kier alpha value is -2.37. The van der Waals surface area contributed by atoms with Crippen LogP contribution in [0.2, 0.25) is 0 Å². The lowest BCUT2D eigenvalue weighted by Crippen LogP contribution is -2.32. The van der Waals surface area contributed by atoms with E-state index in [1.54, 1.807) is 18.5 Å². The Kier molecular flexibility index (Phi) is 4.02. The monoisotopic (exact) mass is 275 g/mol. The first-order valence-corrected chi connectivity index (χ1v) is 6.49. The van der Waals surface area contributed by atoms with Gasteiger partial charge in [-0.3, -0.25) is 19.3 Å². The number of nitrogens with zero attached hydrogens (tertiary/aromatic N) is 2. The molecule has 6 heteroatoms. The van der Waals surface area contributed by atoms with Gasteiger partial charge < -0.3 is 5.11 Å². The van der Waals surface area contributed by atoms with Crippen LogP contribution in [0.15, 0.2) is 28.0 Å². The highest BCUT2D eigenvalue weighted by Gasteiger charge is 2.14. The molecule has 2 aromatic rings. The van der Waals surface area contributed by atoms with Crippen LogP contribution in [0.3, 0.4) is 0 Å². The molecule has 0 aliphatic carbocycles. The Labute approximate surface area is 115 Å². The summed E-state index contributed by atoms with van der Waals surface area (Å²) in [7, 11) is 0. The van der Waals surface area contributed by atoms with Gasteiger partial charge >= 0.3 is 5.69 Å². The van der Waals surface area contributed by atoms with E-state index in [-0.39, 0.29) is 18.0 Å². The Morgan fingerprint density at radius 2 is 2.15 bits per heavy atom. The summed E-state index contributed by atoms with van der Waals surface area (Å²) in [6.07, 6.45) is 4.46. The minimum Gasteiger partial charge on any atom is -0.494 e. The lowest BCUT2D eigenvalue weighted by atomic mass is 10.1. The number of rotatable bonds is 4. The summed E-state index contributed by atoms with van der Waals surface area (Å²) in [6.45, 7) is 3.98. The maximum absolute atomic E-state index is 11.9. The van der Waals surface area contributed by atoms with Crippen molar-refractivity contribution in [3.05, 3.63) is 56.0 Å². The molecule has 2 heterocycles. The van der Waals surface area contributed by atoms with Crippen molar-refractivity contribution < 1.29 is 5.11 Å². The van der Waals surface area contributed by atoms with Crippen molar-refractivity contribution in [3.8, 4) is 5.88 Å². The number of hydrogen-bond donors (Lipinski definition) is 2. The second-order valence-corrected chi connectivity index (χ2v) is 4.70. The molecule has 0 unspecified atom stereocenters. The van der Waals surface area contributed by atoms with Crippen LogP contribution >= 0.6 is 0 Å². The van der Waals surface area contributed by atoms with Crippen LogP contribution in [0.1, 0.15) is 30.0 Å². The summed E-state index contributed by atoms with van der Waals surface area (Å²) < 4.78 is 1.18. The van der Waals surface area contributed by atoms with E-state index in [2.05, 4.69) is 9.97 Å². The molecule has 0 atom stereocenters. The molecule has 0 saturated carbocycles. The van der Waals surface area contributed by atoms with Crippen molar-refractivity contribution in [2.24, 2.45) is 0 Å². The Morgan fingerprint density at radius 3 is 2.80 bits per heavy atom. The maximum atomic E-state index is 11.9. The van der Waals surface area contributed by atoms with Crippen LogP contribution in [0.25, 0.3) is 0 Å². The van der Waals surface area contributed by atoms with Gasteiger partial charge in [-0.1, -0.05) is 13.3 Å². The van der Waals surface area contributed by atoms with E-state index in [1.807, 2.05) is 13.8 Å². The fourth-order valence-electron chi connectivity index (χ4n) is 2.07. The average molecular weight is 275 g/mol. The summed E-state index contributed by atoms with van der Waals surface area (Å²) >= 11 is 0. The molecule has 0 aliphatic rings. The molecule has 0 radical (unpaired) electrons. The predicted octanol–water partition coefficient (Wildman–Crippen LogP) is 0.946. The molecular weight excluding hydrogens is 258 g/mol. The second-order valence-electron chi connectivity index (χ2n) is 4.70. The van der Waals surface area contributed by atoms with Crippen molar-refractivity contribution in [1.29, 1.82) is 0 Å². The smallest absolute Gasteiger partial charge is 0.331 e. The summed E-state index contributed by atoms with van der Waals surface area (Å²) in [5.74, 6) is -0.253. The largest absolute Gasteiger partial charge is 0.494 e. The highest BCUT2D eigenvalue weighted by molar-refractivity contribution is 5.27. The van der Waals surface area contributed by atoms with E-state index in [1.165, 1.54) is 4.57 Å². The predicted molar refractivity (Wildman–Crippen MR) is 75.1 cm³/mol. The standard InChI is InChI=1S/C14H17N3O3/c1-3-4-11-12(18)16-14(20)17(13(11)19)8-10-5-6-15-7-9(10)2/h5-7,19H,3-4,8H2,1-2H3,(H,16,18,20). The fourth-order valence-corrected chi connectivity index (χ4v) is 2.07. The summed E-state index contributed by atoms with van der Waals surface area (Å²) in [4.78, 5) is 29.8. The molecule has 0 spiro atoms. The topological polar surface area (TPSA) is 88.0 Å². The summed E-state index contributed by atoms with van der Waals surface area (Å²) in [5.41, 5.74) is 0.911. The van der Waals surface area contributed by atoms with Crippen LogP contribution in [-0.4, -0.2) is 19.6 Å². The Balaban J connectivity index is 2.52. The minimum absolute atomic E-state index is 0.201. The molecule has 0 fully saturated rings. The van der Waals surface area contributed by atoms with Crippen molar-refractivity contribution >= 4 is 0 Å². The van der Waals surface area contributed by atoms with Crippen LogP contribution in [0.4, 0.5) is 0 Å².